The summed E-state index contributed by atoms with van der Waals surface area (Å²) in [6.07, 6.45) is 3.13. The van der Waals surface area contributed by atoms with E-state index in [4.69, 9.17) is 9.47 Å². The highest BCUT2D eigenvalue weighted by molar-refractivity contribution is 5.81. The number of rotatable bonds is 4. The zero-order valence-electron chi connectivity index (χ0n) is 8.91. The maximum atomic E-state index is 11.1. The minimum atomic E-state index is -0.561. The second kappa shape index (κ2) is 4.82. The molecule has 0 aromatic carbocycles. The van der Waals surface area contributed by atoms with E-state index in [9.17, 15) is 9.59 Å². The van der Waals surface area contributed by atoms with Crippen LogP contribution in [0.25, 0.3) is 0 Å². The largest absolute Gasteiger partial charge is 0.460 e. The van der Waals surface area contributed by atoms with E-state index < -0.39 is 17.6 Å². The molecule has 1 N–H and O–H groups in total. The third kappa shape index (κ3) is 2.97. The highest BCUT2D eigenvalue weighted by Gasteiger charge is 2.39. The van der Waals surface area contributed by atoms with Crippen LogP contribution in [-0.2, 0) is 14.3 Å². The maximum Gasteiger partial charge on any atom is 0.407 e. The van der Waals surface area contributed by atoms with Crippen molar-refractivity contribution in [1.29, 1.82) is 0 Å². The summed E-state index contributed by atoms with van der Waals surface area (Å²) in [7, 11) is 0. The Hall–Kier alpha value is -1.52. The number of ether oxygens (including phenoxy) is 2. The van der Waals surface area contributed by atoms with Crippen molar-refractivity contribution in [2.24, 2.45) is 0 Å². The van der Waals surface area contributed by atoms with E-state index >= 15 is 0 Å². The first kappa shape index (κ1) is 11.6. The van der Waals surface area contributed by atoms with E-state index in [2.05, 4.69) is 5.32 Å². The molecule has 84 valence electrons. The topological polar surface area (TPSA) is 64.6 Å². The molecular formula is C10H15NO4. The van der Waals surface area contributed by atoms with Gasteiger partial charge in [0.05, 0.1) is 0 Å². The minimum absolute atomic E-state index is 0.137. The first-order chi connectivity index (χ1) is 7.12. The van der Waals surface area contributed by atoms with Gasteiger partial charge in [-0.15, -0.1) is 0 Å². The average molecular weight is 213 g/mol. The Kier molecular flexibility index (Phi) is 3.71. The van der Waals surface area contributed by atoms with Gasteiger partial charge in [0.15, 0.2) is 0 Å². The highest BCUT2D eigenvalue weighted by Crippen LogP contribution is 2.17. The van der Waals surface area contributed by atoms with Gasteiger partial charge in [0.2, 0.25) is 0 Å². The lowest BCUT2D eigenvalue weighted by molar-refractivity contribution is -0.139. The van der Waals surface area contributed by atoms with Gasteiger partial charge in [0.25, 0.3) is 0 Å². The van der Waals surface area contributed by atoms with Crippen LogP contribution < -0.4 is 5.32 Å². The maximum absolute atomic E-state index is 11.1. The molecule has 1 rings (SSSR count). The second-order valence-electron chi connectivity index (χ2n) is 3.44. The zero-order valence-corrected chi connectivity index (χ0v) is 8.91. The fourth-order valence-electron chi connectivity index (χ4n) is 1.26. The lowest BCUT2D eigenvalue weighted by Gasteiger charge is -2.23. The molecule has 0 aromatic heterocycles. The van der Waals surface area contributed by atoms with Gasteiger partial charge in [0, 0.05) is 6.08 Å². The molecule has 1 amide bonds. The fraction of sp³-hybridized carbons (Fsp3) is 0.600. The number of hydrogen-bond donors (Lipinski definition) is 1. The Morgan fingerprint density at radius 2 is 2.47 bits per heavy atom. The molecule has 5 heteroatoms. The van der Waals surface area contributed by atoms with Crippen molar-refractivity contribution < 1.29 is 19.1 Å². The molecule has 1 aliphatic heterocycles. The van der Waals surface area contributed by atoms with E-state index in [0.29, 0.717) is 6.42 Å². The molecule has 0 spiro atoms. The van der Waals surface area contributed by atoms with Crippen molar-refractivity contribution in [3.63, 3.8) is 0 Å². The summed E-state index contributed by atoms with van der Waals surface area (Å²) in [5, 5.41) is 2.65. The van der Waals surface area contributed by atoms with Gasteiger partial charge in [0.1, 0.15) is 18.8 Å². The van der Waals surface area contributed by atoms with Crippen molar-refractivity contribution >= 4 is 12.1 Å². The van der Waals surface area contributed by atoms with Crippen LogP contribution in [0.15, 0.2) is 12.2 Å². The lowest BCUT2D eigenvalue weighted by Crippen LogP contribution is -2.47. The number of carbonyl (C=O) groups excluding carboxylic acids is 2. The molecule has 1 unspecified atom stereocenters. The standard InChI is InChI=1S/C10H15NO4/c1-3-5-8(12)14-6-10(4-2)7-15-9(13)11-10/h3,5H,4,6-7H2,1-2H3,(H,11,13)/b5-3-. The van der Waals surface area contributed by atoms with Gasteiger partial charge in [-0.05, 0) is 13.3 Å². The first-order valence-corrected chi connectivity index (χ1v) is 4.86. The number of nitrogens with one attached hydrogen (secondary N) is 1. The minimum Gasteiger partial charge on any atom is -0.460 e. The second-order valence-corrected chi connectivity index (χ2v) is 3.44. The van der Waals surface area contributed by atoms with Gasteiger partial charge in [-0.3, -0.25) is 0 Å². The monoisotopic (exact) mass is 213 g/mol. The summed E-state index contributed by atoms with van der Waals surface area (Å²) in [4.78, 5) is 22.0. The molecule has 0 aromatic rings. The van der Waals surface area contributed by atoms with Gasteiger partial charge >= 0.3 is 12.1 Å². The summed E-state index contributed by atoms with van der Waals surface area (Å²) in [5.41, 5.74) is -0.561. The average Bonchev–Trinajstić information content (AvgIpc) is 2.59. The number of hydrogen-bond acceptors (Lipinski definition) is 4. The van der Waals surface area contributed by atoms with E-state index in [-0.39, 0.29) is 13.2 Å². The summed E-state index contributed by atoms with van der Waals surface area (Å²) in [6.45, 7) is 4.01. The molecule has 1 fully saturated rings. The first-order valence-electron chi connectivity index (χ1n) is 4.86. The van der Waals surface area contributed by atoms with Crippen molar-refractivity contribution in [1.82, 2.24) is 5.32 Å². The third-order valence-corrected chi connectivity index (χ3v) is 2.32. The summed E-state index contributed by atoms with van der Waals surface area (Å²) >= 11 is 0. The zero-order chi connectivity index (χ0) is 11.3. The fourth-order valence-corrected chi connectivity index (χ4v) is 1.26. The van der Waals surface area contributed by atoms with Crippen molar-refractivity contribution in [2.75, 3.05) is 13.2 Å². The highest BCUT2D eigenvalue weighted by atomic mass is 16.6. The predicted molar refractivity (Wildman–Crippen MR) is 53.3 cm³/mol. The number of allylic oxidation sites excluding steroid dienone is 1. The normalized spacial score (nSPS) is 25.1. The molecule has 1 aliphatic rings. The van der Waals surface area contributed by atoms with Gasteiger partial charge in [-0.25, -0.2) is 9.59 Å². The van der Waals surface area contributed by atoms with E-state index in [0.717, 1.165) is 0 Å². The van der Waals surface area contributed by atoms with Crippen LogP contribution in [0.2, 0.25) is 0 Å². The van der Waals surface area contributed by atoms with Crippen LogP contribution in [-0.4, -0.2) is 30.8 Å². The predicted octanol–water partition coefficient (Wildman–Crippen LogP) is 0.994. The van der Waals surface area contributed by atoms with Crippen LogP contribution in [0.1, 0.15) is 20.3 Å². The van der Waals surface area contributed by atoms with Crippen LogP contribution in [0.3, 0.4) is 0 Å². The van der Waals surface area contributed by atoms with Gasteiger partial charge in [-0.2, -0.15) is 0 Å². The van der Waals surface area contributed by atoms with Crippen molar-refractivity contribution in [3.05, 3.63) is 12.2 Å². The number of amides is 1. The molecule has 15 heavy (non-hydrogen) atoms. The molecule has 0 saturated carbocycles. The lowest BCUT2D eigenvalue weighted by atomic mass is 10.00. The Balaban J connectivity index is 2.47. The van der Waals surface area contributed by atoms with E-state index in [1.165, 1.54) is 6.08 Å². The van der Waals surface area contributed by atoms with E-state index in [1.54, 1.807) is 13.0 Å². The Bertz CT molecular complexity index is 287. The van der Waals surface area contributed by atoms with E-state index in [1.807, 2.05) is 6.92 Å². The summed E-state index contributed by atoms with van der Waals surface area (Å²) < 4.78 is 9.78. The Labute approximate surface area is 88.4 Å². The van der Waals surface area contributed by atoms with Crippen LogP contribution in [0.5, 0.6) is 0 Å². The van der Waals surface area contributed by atoms with Crippen molar-refractivity contribution in [2.45, 2.75) is 25.8 Å². The molecular weight excluding hydrogens is 198 g/mol. The molecule has 1 atom stereocenters. The molecule has 0 radical (unpaired) electrons. The smallest absolute Gasteiger partial charge is 0.407 e. The molecule has 0 aliphatic carbocycles. The Morgan fingerprint density at radius 3 is 2.93 bits per heavy atom. The number of carbonyl (C=O) groups is 2. The number of esters is 1. The number of alkyl carbamates (subject to hydrolysis) is 1. The van der Waals surface area contributed by atoms with Crippen molar-refractivity contribution in [3.8, 4) is 0 Å². The number of cyclic esters (lactones) is 1. The summed E-state index contributed by atoms with van der Waals surface area (Å²) in [5.74, 6) is -0.411. The molecule has 1 saturated heterocycles. The molecule has 1 heterocycles. The van der Waals surface area contributed by atoms with Crippen LogP contribution in [0, 0.1) is 0 Å². The third-order valence-electron chi connectivity index (χ3n) is 2.32. The Morgan fingerprint density at radius 1 is 1.73 bits per heavy atom. The van der Waals surface area contributed by atoms with Crippen LogP contribution >= 0.6 is 0 Å². The van der Waals surface area contributed by atoms with Gasteiger partial charge < -0.3 is 14.8 Å². The van der Waals surface area contributed by atoms with Crippen LogP contribution in [0.4, 0.5) is 4.79 Å². The van der Waals surface area contributed by atoms with Gasteiger partial charge in [-0.1, -0.05) is 13.0 Å². The molecule has 5 nitrogen and oxygen atoms in total. The quantitative estimate of drug-likeness (QED) is 0.558. The molecule has 0 bridgehead atoms. The SMILES string of the molecule is C/C=C\C(=O)OCC1(CC)COC(=O)N1. The summed E-state index contributed by atoms with van der Waals surface area (Å²) in [6, 6.07) is 0.